The SMILES string of the molecule is COc1ccc(-c2nn3cc(Cl)ccc3c2Cc2cccc(C(=O)O)n2)cc1. The second-order valence-corrected chi connectivity index (χ2v) is 6.67. The lowest BCUT2D eigenvalue weighted by atomic mass is 10.0. The van der Waals surface area contributed by atoms with Gasteiger partial charge >= 0.3 is 5.97 Å². The van der Waals surface area contributed by atoms with E-state index >= 15 is 0 Å². The minimum atomic E-state index is -1.05. The van der Waals surface area contributed by atoms with Crippen LogP contribution in [0.2, 0.25) is 5.02 Å². The fourth-order valence-corrected chi connectivity index (χ4v) is 3.26. The number of aromatic carboxylic acids is 1. The van der Waals surface area contributed by atoms with Gasteiger partial charge in [0.2, 0.25) is 0 Å². The molecular weight excluding hydrogens is 378 g/mol. The fraction of sp³-hybridized carbons (Fsp3) is 0.0952. The number of carboxylic acid groups (broad SMARTS) is 1. The number of methoxy groups -OCH3 is 1. The lowest BCUT2D eigenvalue weighted by molar-refractivity contribution is 0.0690. The van der Waals surface area contributed by atoms with E-state index in [4.69, 9.17) is 21.4 Å². The van der Waals surface area contributed by atoms with Crippen molar-refractivity contribution in [1.82, 2.24) is 14.6 Å². The standard InChI is InChI=1S/C21H16ClN3O3/c1-28-16-8-5-13(6-9-16)20-17(19-10-7-14(22)12-25(19)24-20)11-15-3-2-4-18(23-15)21(26)27/h2-10,12H,11H2,1H3,(H,26,27). The van der Waals surface area contributed by atoms with Crippen molar-refractivity contribution >= 4 is 23.1 Å². The van der Waals surface area contributed by atoms with Crippen molar-refractivity contribution in [2.24, 2.45) is 0 Å². The third kappa shape index (κ3) is 3.42. The number of carbonyl (C=O) groups is 1. The van der Waals surface area contributed by atoms with Gasteiger partial charge in [-0.1, -0.05) is 17.7 Å². The molecule has 0 atom stereocenters. The number of aromatic nitrogens is 3. The van der Waals surface area contributed by atoms with Gasteiger partial charge in [-0.25, -0.2) is 14.3 Å². The van der Waals surface area contributed by atoms with E-state index < -0.39 is 5.97 Å². The molecule has 0 aliphatic carbocycles. The van der Waals surface area contributed by atoms with Crippen molar-refractivity contribution in [3.05, 3.63) is 82.8 Å². The van der Waals surface area contributed by atoms with Crippen LogP contribution < -0.4 is 4.74 Å². The summed E-state index contributed by atoms with van der Waals surface area (Å²) in [5, 5.41) is 14.5. The number of nitrogens with zero attached hydrogens (tertiary/aromatic N) is 3. The summed E-state index contributed by atoms with van der Waals surface area (Å²) in [7, 11) is 1.62. The zero-order valence-electron chi connectivity index (χ0n) is 15.0. The van der Waals surface area contributed by atoms with E-state index in [2.05, 4.69) is 4.98 Å². The topological polar surface area (TPSA) is 76.7 Å². The number of benzene rings is 1. The van der Waals surface area contributed by atoms with Gasteiger partial charge in [0, 0.05) is 29.4 Å². The number of fused-ring (bicyclic) bond motifs is 1. The maximum Gasteiger partial charge on any atom is 0.354 e. The molecule has 3 heterocycles. The van der Waals surface area contributed by atoms with Gasteiger partial charge < -0.3 is 9.84 Å². The number of halogens is 1. The molecule has 0 aliphatic rings. The molecule has 0 saturated heterocycles. The lowest BCUT2D eigenvalue weighted by Gasteiger charge is -2.06. The van der Waals surface area contributed by atoms with Crippen molar-refractivity contribution in [3.8, 4) is 17.0 Å². The highest BCUT2D eigenvalue weighted by Crippen LogP contribution is 2.30. The van der Waals surface area contributed by atoms with Gasteiger partial charge in [-0.15, -0.1) is 0 Å². The largest absolute Gasteiger partial charge is 0.497 e. The number of hydrogen-bond acceptors (Lipinski definition) is 4. The van der Waals surface area contributed by atoms with Crippen LogP contribution in [0, 0.1) is 0 Å². The van der Waals surface area contributed by atoms with Crippen LogP contribution in [0.1, 0.15) is 21.7 Å². The van der Waals surface area contributed by atoms with Gasteiger partial charge in [-0.05, 0) is 48.5 Å². The monoisotopic (exact) mass is 393 g/mol. The van der Waals surface area contributed by atoms with E-state index in [9.17, 15) is 9.90 Å². The molecule has 0 radical (unpaired) electrons. The van der Waals surface area contributed by atoms with Crippen molar-refractivity contribution in [1.29, 1.82) is 0 Å². The van der Waals surface area contributed by atoms with Gasteiger partial charge in [0.05, 0.1) is 23.3 Å². The molecule has 0 unspecified atom stereocenters. The summed E-state index contributed by atoms with van der Waals surface area (Å²) >= 11 is 6.13. The molecule has 6 nitrogen and oxygen atoms in total. The zero-order chi connectivity index (χ0) is 19.7. The van der Waals surface area contributed by atoms with Crippen molar-refractivity contribution in [3.63, 3.8) is 0 Å². The first-order valence-electron chi connectivity index (χ1n) is 8.55. The molecule has 140 valence electrons. The predicted octanol–water partition coefficient (Wildman–Crippen LogP) is 4.35. The number of pyridine rings is 2. The van der Waals surface area contributed by atoms with Crippen LogP contribution in [0.5, 0.6) is 5.75 Å². The van der Waals surface area contributed by atoms with Crippen molar-refractivity contribution < 1.29 is 14.6 Å². The Morgan fingerprint density at radius 1 is 1.14 bits per heavy atom. The summed E-state index contributed by atoms with van der Waals surface area (Å²) in [6.45, 7) is 0. The van der Waals surface area contributed by atoms with Gasteiger partial charge in [-0.2, -0.15) is 5.10 Å². The van der Waals surface area contributed by atoms with Crippen LogP contribution in [-0.2, 0) is 6.42 Å². The number of rotatable bonds is 5. The van der Waals surface area contributed by atoms with Crippen molar-refractivity contribution in [2.45, 2.75) is 6.42 Å². The Kier molecular flexibility index (Phi) is 4.71. The van der Waals surface area contributed by atoms with Gasteiger partial charge in [0.25, 0.3) is 0 Å². The number of carboxylic acids is 1. The van der Waals surface area contributed by atoms with E-state index in [1.807, 2.05) is 36.4 Å². The number of hydrogen-bond donors (Lipinski definition) is 1. The van der Waals surface area contributed by atoms with Gasteiger partial charge in [0.15, 0.2) is 0 Å². The van der Waals surface area contributed by atoms with Crippen LogP contribution in [0.4, 0.5) is 0 Å². The normalized spacial score (nSPS) is 10.9. The Morgan fingerprint density at radius 2 is 1.93 bits per heavy atom. The Morgan fingerprint density at radius 3 is 2.64 bits per heavy atom. The van der Waals surface area contributed by atoms with Crippen LogP contribution in [-0.4, -0.2) is 32.8 Å². The third-order valence-electron chi connectivity index (χ3n) is 4.44. The molecule has 1 N–H and O–H groups in total. The first-order valence-corrected chi connectivity index (χ1v) is 8.93. The summed E-state index contributed by atoms with van der Waals surface area (Å²) in [6, 6.07) is 16.3. The molecule has 0 bridgehead atoms. The Hall–Kier alpha value is -3.38. The Balaban J connectivity index is 1.85. The van der Waals surface area contributed by atoms with Crippen LogP contribution >= 0.6 is 11.6 Å². The third-order valence-corrected chi connectivity index (χ3v) is 4.67. The van der Waals surface area contributed by atoms with E-state index in [0.717, 1.165) is 28.1 Å². The Bertz CT molecular complexity index is 1170. The maximum absolute atomic E-state index is 11.2. The van der Waals surface area contributed by atoms with E-state index in [1.54, 1.807) is 30.0 Å². The first-order chi connectivity index (χ1) is 13.5. The molecule has 0 spiro atoms. The molecule has 28 heavy (non-hydrogen) atoms. The quantitative estimate of drug-likeness (QED) is 0.545. The average molecular weight is 394 g/mol. The van der Waals surface area contributed by atoms with E-state index in [1.165, 1.54) is 6.07 Å². The molecule has 0 aliphatic heterocycles. The molecule has 4 rings (SSSR count). The second kappa shape index (κ2) is 7.32. The second-order valence-electron chi connectivity index (χ2n) is 6.23. The molecule has 3 aromatic heterocycles. The first kappa shape index (κ1) is 18.0. The highest BCUT2D eigenvalue weighted by molar-refractivity contribution is 6.30. The molecule has 0 amide bonds. The van der Waals surface area contributed by atoms with Crippen LogP contribution in [0.15, 0.2) is 60.8 Å². The van der Waals surface area contributed by atoms with E-state index in [-0.39, 0.29) is 5.69 Å². The predicted molar refractivity (Wildman–Crippen MR) is 106 cm³/mol. The molecule has 0 fully saturated rings. The van der Waals surface area contributed by atoms with Crippen molar-refractivity contribution in [2.75, 3.05) is 7.11 Å². The Labute approximate surface area is 166 Å². The molecule has 4 aromatic rings. The fourth-order valence-electron chi connectivity index (χ4n) is 3.11. The highest BCUT2D eigenvalue weighted by Gasteiger charge is 2.17. The zero-order valence-corrected chi connectivity index (χ0v) is 15.7. The molecular formula is C21H16ClN3O3. The average Bonchev–Trinajstić information content (AvgIpc) is 3.05. The highest BCUT2D eigenvalue weighted by atomic mass is 35.5. The van der Waals surface area contributed by atoms with Crippen LogP contribution in [0.25, 0.3) is 16.8 Å². The molecule has 1 aromatic carbocycles. The summed E-state index contributed by atoms with van der Waals surface area (Å²) in [6.07, 6.45) is 2.18. The van der Waals surface area contributed by atoms with E-state index in [0.29, 0.717) is 17.1 Å². The lowest BCUT2D eigenvalue weighted by Crippen LogP contribution is -2.03. The van der Waals surface area contributed by atoms with Crippen LogP contribution in [0.3, 0.4) is 0 Å². The number of ether oxygens (including phenoxy) is 1. The molecule has 7 heteroatoms. The van der Waals surface area contributed by atoms with Gasteiger partial charge in [-0.3, -0.25) is 0 Å². The molecule has 0 saturated carbocycles. The minimum absolute atomic E-state index is 0.0167. The van der Waals surface area contributed by atoms with Gasteiger partial charge in [0.1, 0.15) is 11.4 Å². The maximum atomic E-state index is 11.2. The smallest absolute Gasteiger partial charge is 0.354 e. The minimum Gasteiger partial charge on any atom is -0.497 e. The summed E-state index contributed by atoms with van der Waals surface area (Å²) < 4.78 is 6.97. The summed E-state index contributed by atoms with van der Waals surface area (Å²) in [5.41, 5.74) is 4.20. The summed E-state index contributed by atoms with van der Waals surface area (Å²) in [5.74, 6) is -0.295. The summed E-state index contributed by atoms with van der Waals surface area (Å²) in [4.78, 5) is 15.5.